The number of aryl methyl sites for hydroxylation is 2. The fraction of sp³-hybridized carbons (Fsp3) is 0.238. The molecule has 0 radical (unpaired) electrons. The van der Waals surface area contributed by atoms with Crippen LogP contribution in [0.5, 0.6) is 0 Å². The van der Waals surface area contributed by atoms with Gasteiger partial charge in [-0.05, 0) is 37.4 Å². The standard InChI is InChI=1S/C21H21N3O4S/c1-14-5-7-16(8-6-14)24-19(12-15(2)23-24)22-20(26)13-28-21(27)10-9-17(25)18-4-3-11-29-18/h3-8,11-12H,9-10,13H2,1-2H3,(H,22,26). The van der Waals surface area contributed by atoms with E-state index in [1.54, 1.807) is 28.3 Å². The summed E-state index contributed by atoms with van der Waals surface area (Å²) in [7, 11) is 0. The third-order valence-corrected chi connectivity index (χ3v) is 5.00. The summed E-state index contributed by atoms with van der Waals surface area (Å²) in [5.74, 6) is -0.691. The Kier molecular flexibility index (Phi) is 6.56. The summed E-state index contributed by atoms with van der Waals surface area (Å²) in [6, 6.07) is 13.0. The van der Waals surface area contributed by atoms with Gasteiger partial charge in [0.05, 0.1) is 22.7 Å². The molecule has 3 aromatic rings. The summed E-state index contributed by atoms with van der Waals surface area (Å²) in [5, 5.41) is 8.90. The van der Waals surface area contributed by atoms with Gasteiger partial charge in [-0.3, -0.25) is 14.4 Å². The number of amides is 1. The lowest BCUT2D eigenvalue weighted by atomic mass is 10.2. The number of esters is 1. The molecular weight excluding hydrogens is 390 g/mol. The third kappa shape index (κ3) is 5.61. The van der Waals surface area contributed by atoms with Gasteiger partial charge >= 0.3 is 5.97 Å². The maximum Gasteiger partial charge on any atom is 0.306 e. The predicted molar refractivity (Wildman–Crippen MR) is 111 cm³/mol. The molecule has 0 unspecified atom stereocenters. The van der Waals surface area contributed by atoms with Crippen molar-refractivity contribution in [1.29, 1.82) is 0 Å². The summed E-state index contributed by atoms with van der Waals surface area (Å²) >= 11 is 1.33. The van der Waals surface area contributed by atoms with Crippen LogP contribution in [0.15, 0.2) is 47.8 Å². The second-order valence-electron chi connectivity index (χ2n) is 6.53. The van der Waals surface area contributed by atoms with E-state index in [-0.39, 0.29) is 18.6 Å². The number of thiophene rings is 1. The zero-order chi connectivity index (χ0) is 20.8. The second kappa shape index (κ2) is 9.29. The highest BCUT2D eigenvalue weighted by Gasteiger charge is 2.14. The Bertz CT molecular complexity index is 1010. The zero-order valence-electron chi connectivity index (χ0n) is 16.2. The average molecular weight is 411 g/mol. The maximum absolute atomic E-state index is 12.2. The van der Waals surface area contributed by atoms with Gasteiger partial charge in [-0.15, -0.1) is 11.3 Å². The Balaban J connectivity index is 1.51. The smallest absolute Gasteiger partial charge is 0.306 e. The second-order valence-corrected chi connectivity index (χ2v) is 7.48. The normalized spacial score (nSPS) is 10.6. The summed E-state index contributed by atoms with van der Waals surface area (Å²) in [6.45, 7) is 3.39. The van der Waals surface area contributed by atoms with Crippen LogP contribution in [-0.4, -0.2) is 34.0 Å². The molecule has 0 aliphatic rings. The van der Waals surface area contributed by atoms with E-state index < -0.39 is 18.5 Å². The van der Waals surface area contributed by atoms with Crippen molar-refractivity contribution >= 4 is 34.8 Å². The van der Waals surface area contributed by atoms with Gasteiger partial charge in [0.25, 0.3) is 5.91 Å². The first-order valence-electron chi connectivity index (χ1n) is 9.08. The van der Waals surface area contributed by atoms with Crippen LogP contribution in [0.25, 0.3) is 5.69 Å². The van der Waals surface area contributed by atoms with Crippen molar-refractivity contribution in [2.75, 3.05) is 11.9 Å². The first-order chi connectivity index (χ1) is 13.9. The topological polar surface area (TPSA) is 90.3 Å². The Hall–Kier alpha value is -3.26. The molecule has 1 N–H and O–H groups in total. The molecule has 29 heavy (non-hydrogen) atoms. The highest BCUT2D eigenvalue weighted by Crippen LogP contribution is 2.18. The molecular formula is C21H21N3O4S. The maximum atomic E-state index is 12.2. The van der Waals surface area contributed by atoms with E-state index in [4.69, 9.17) is 4.74 Å². The number of carbonyl (C=O) groups excluding carboxylic acids is 3. The number of hydrogen-bond donors (Lipinski definition) is 1. The number of anilines is 1. The van der Waals surface area contributed by atoms with Crippen LogP contribution in [0.3, 0.4) is 0 Å². The average Bonchev–Trinajstić information content (AvgIpc) is 3.35. The highest BCUT2D eigenvalue weighted by atomic mass is 32.1. The minimum atomic E-state index is -0.590. The van der Waals surface area contributed by atoms with E-state index >= 15 is 0 Å². The predicted octanol–water partition coefficient (Wildman–Crippen LogP) is 3.70. The largest absolute Gasteiger partial charge is 0.456 e. The van der Waals surface area contributed by atoms with Crippen LogP contribution in [0.1, 0.15) is 33.8 Å². The van der Waals surface area contributed by atoms with Crippen LogP contribution in [0.2, 0.25) is 0 Å². The number of benzene rings is 1. The fourth-order valence-corrected chi connectivity index (χ4v) is 3.34. The molecule has 0 bridgehead atoms. The van der Waals surface area contributed by atoms with Crippen molar-refractivity contribution in [3.63, 3.8) is 0 Å². The van der Waals surface area contributed by atoms with Crippen LogP contribution < -0.4 is 5.32 Å². The van der Waals surface area contributed by atoms with Gasteiger partial charge in [-0.2, -0.15) is 5.10 Å². The lowest BCUT2D eigenvalue weighted by Crippen LogP contribution is -2.22. The van der Waals surface area contributed by atoms with E-state index in [1.165, 1.54) is 11.3 Å². The number of rotatable bonds is 8. The van der Waals surface area contributed by atoms with Crippen molar-refractivity contribution in [3.05, 3.63) is 64.0 Å². The first-order valence-corrected chi connectivity index (χ1v) is 9.96. The summed E-state index contributed by atoms with van der Waals surface area (Å²) in [4.78, 5) is 36.5. The number of nitrogens with one attached hydrogen (secondary N) is 1. The van der Waals surface area contributed by atoms with Gasteiger partial charge in [0.2, 0.25) is 0 Å². The number of ether oxygens (including phenoxy) is 1. The van der Waals surface area contributed by atoms with Crippen LogP contribution in [0.4, 0.5) is 5.82 Å². The summed E-state index contributed by atoms with van der Waals surface area (Å²) in [6.07, 6.45) is -0.00915. The molecule has 0 fully saturated rings. The quantitative estimate of drug-likeness (QED) is 0.451. The van der Waals surface area contributed by atoms with Gasteiger partial charge in [-0.1, -0.05) is 23.8 Å². The number of ketones is 1. The van der Waals surface area contributed by atoms with E-state index in [0.717, 1.165) is 16.9 Å². The first kappa shape index (κ1) is 20.5. The Labute approximate surface area is 172 Å². The highest BCUT2D eigenvalue weighted by molar-refractivity contribution is 7.12. The molecule has 0 aliphatic heterocycles. The SMILES string of the molecule is Cc1ccc(-n2nc(C)cc2NC(=O)COC(=O)CCC(=O)c2cccs2)cc1. The van der Waals surface area contributed by atoms with E-state index in [9.17, 15) is 14.4 Å². The molecule has 8 heteroatoms. The molecule has 1 amide bonds. The molecule has 0 aliphatic carbocycles. The summed E-state index contributed by atoms with van der Waals surface area (Å²) in [5.41, 5.74) is 2.67. The molecule has 3 rings (SSSR count). The Morgan fingerprint density at radius 3 is 2.55 bits per heavy atom. The summed E-state index contributed by atoms with van der Waals surface area (Å²) < 4.78 is 6.60. The Morgan fingerprint density at radius 1 is 1.10 bits per heavy atom. The molecule has 0 atom stereocenters. The lowest BCUT2D eigenvalue weighted by molar-refractivity contribution is -0.147. The van der Waals surface area contributed by atoms with Crippen molar-refractivity contribution < 1.29 is 19.1 Å². The van der Waals surface area contributed by atoms with Gasteiger partial charge in [0.1, 0.15) is 5.82 Å². The van der Waals surface area contributed by atoms with Crippen molar-refractivity contribution in [2.45, 2.75) is 26.7 Å². The molecule has 2 aromatic heterocycles. The zero-order valence-corrected chi connectivity index (χ0v) is 17.0. The number of carbonyl (C=O) groups is 3. The lowest BCUT2D eigenvalue weighted by Gasteiger charge is -2.09. The molecule has 0 spiro atoms. The number of nitrogens with zero attached hydrogens (tertiary/aromatic N) is 2. The van der Waals surface area contributed by atoms with Gasteiger partial charge in [0, 0.05) is 12.5 Å². The van der Waals surface area contributed by atoms with Gasteiger partial charge < -0.3 is 10.1 Å². The molecule has 150 valence electrons. The number of hydrogen-bond acceptors (Lipinski definition) is 6. The molecule has 2 heterocycles. The van der Waals surface area contributed by atoms with E-state index in [1.807, 2.05) is 38.1 Å². The molecule has 7 nitrogen and oxygen atoms in total. The molecule has 1 aromatic carbocycles. The third-order valence-electron chi connectivity index (χ3n) is 4.09. The van der Waals surface area contributed by atoms with Crippen molar-refractivity contribution in [1.82, 2.24) is 9.78 Å². The van der Waals surface area contributed by atoms with Crippen LogP contribution in [-0.2, 0) is 14.3 Å². The Morgan fingerprint density at radius 2 is 1.86 bits per heavy atom. The van der Waals surface area contributed by atoms with Crippen molar-refractivity contribution in [2.24, 2.45) is 0 Å². The monoisotopic (exact) mass is 411 g/mol. The van der Waals surface area contributed by atoms with E-state index in [2.05, 4.69) is 10.4 Å². The fourth-order valence-electron chi connectivity index (χ4n) is 2.64. The minimum absolute atomic E-state index is 0.0559. The minimum Gasteiger partial charge on any atom is -0.456 e. The number of Topliss-reactive ketones (excluding diaryl/α,β-unsaturated/α-hetero) is 1. The van der Waals surface area contributed by atoms with Crippen molar-refractivity contribution in [3.8, 4) is 5.69 Å². The van der Waals surface area contributed by atoms with Gasteiger partial charge in [-0.25, -0.2) is 4.68 Å². The van der Waals surface area contributed by atoms with Crippen LogP contribution >= 0.6 is 11.3 Å². The molecule has 0 saturated heterocycles. The van der Waals surface area contributed by atoms with Gasteiger partial charge in [0.15, 0.2) is 12.4 Å². The number of aromatic nitrogens is 2. The van der Waals surface area contributed by atoms with Crippen LogP contribution in [0, 0.1) is 13.8 Å². The molecule has 0 saturated carbocycles. The van der Waals surface area contributed by atoms with E-state index in [0.29, 0.717) is 10.7 Å².